The third-order valence-corrected chi connectivity index (χ3v) is 6.99. The number of fused-ring (bicyclic) bond motifs is 1. The summed E-state index contributed by atoms with van der Waals surface area (Å²) in [6.07, 6.45) is 2.81. The molecule has 0 aliphatic carbocycles. The smallest absolute Gasteiger partial charge is 0.123 e. The van der Waals surface area contributed by atoms with E-state index < -0.39 is 6.10 Å². The summed E-state index contributed by atoms with van der Waals surface area (Å²) < 4.78 is 8.25. The number of hydrogen-bond acceptors (Lipinski definition) is 3. The van der Waals surface area contributed by atoms with Crippen LogP contribution >= 0.6 is 0 Å². The van der Waals surface area contributed by atoms with Crippen LogP contribution in [0.25, 0.3) is 16.5 Å². The first-order valence-corrected chi connectivity index (χ1v) is 13.0. The molecule has 3 aromatic carbocycles. The topological polar surface area (TPSA) is 47.3 Å². The summed E-state index contributed by atoms with van der Waals surface area (Å²) in [7, 11) is 0. The first-order valence-electron chi connectivity index (χ1n) is 13.0. The molecule has 0 saturated carbocycles. The van der Waals surface area contributed by atoms with Gasteiger partial charge in [-0.05, 0) is 73.6 Å². The zero-order valence-corrected chi connectivity index (χ0v) is 22.0. The zero-order chi connectivity index (χ0) is 25.1. The van der Waals surface area contributed by atoms with Gasteiger partial charge in [0.05, 0.1) is 24.1 Å². The molecule has 0 saturated heterocycles. The van der Waals surface area contributed by atoms with Crippen LogP contribution in [0.5, 0.6) is 5.75 Å². The highest BCUT2D eigenvalue weighted by atomic mass is 16.5. The van der Waals surface area contributed by atoms with Gasteiger partial charge in [-0.15, -0.1) is 0 Å². The van der Waals surface area contributed by atoms with E-state index in [1.54, 1.807) is 0 Å². The molecule has 1 atom stereocenters. The average molecular weight is 471 g/mol. The van der Waals surface area contributed by atoms with Gasteiger partial charge in [-0.3, -0.25) is 0 Å². The summed E-state index contributed by atoms with van der Waals surface area (Å²) in [5.74, 6) is 0.952. The Bertz CT molecular complexity index is 1310. The molecule has 1 N–H and O–H groups in total. The zero-order valence-electron chi connectivity index (χ0n) is 22.0. The van der Waals surface area contributed by atoms with Crippen LogP contribution in [-0.4, -0.2) is 21.5 Å². The Morgan fingerprint density at radius 2 is 1.63 bits per heavy atom. The monoisotopic (exact) mass is 470 g/mol. The number of hydrogen-bond donors (Lipinski definition) is 1. The van der Waals surface area contributed by atoms with E-state index in [0.717, 1.165) is 53.1 Å². The third-order valence-electron chi connectivity index (χ3n) is 6.99. The van der Waals surface area contributed by atoms with Crippen molar-refractivity contribution in [2.75, 3.05) is 6.61 Å². The van der Waals surface area contributed by atoms with Gasteiger partial charge in [0.25, 0.3) is 0 Å². The molecule has 35 heavy (non-hydrogen) atoms. The van der Waals surface area contributed by atoms with Gasteiger partial charge in [0.15, 0.2) is 0 Å². The fraction of sp³-hybridized carbons (Fsp3) is 0.387. The number of ether oxygens (including phenoxy) is 1. The predicted molar refractivity (Wildman–Crippen MR) is 145 cm³/mol. The van der Waals surface area contributed by atoms with Crippen molar-refractivity contribution in [3.63, 3.8) is 0 Å². The number of rotatable bonds is 9. The van der Waals surface area contributed by atoms with Gasteiger partial charge >= 0.3 is 0 Å². The second-order valence-electron chi connectivity index (χ2n) is 9.29. The summed E-state index contributed by atoms with van der Waals surface area (Å²) in [5, 5.41) is 18.0. The summed E-state index contributed by atoms with van der Waals surface area (Å²) in [4.78, 5) is 0. The van der Waals surface area contributed by atoms with Gasteiger partial charge in [0.2, 0.25) is 0 Å². The average Bonchev–Trinajstić information content (AvgIpc) is 3.21. The summed E-state index contributed by atoms with van der Waals surface area (Å²) in [6, 6.07) is 17.0. The normalized spacial score (nSPS) is 12.3. The van der Waals surface area contributed by atoms with Crippen LogP contribution in [0.3, 0.4) is 0 Å². The highest BCUT2D eigenvalue weighted by Gasteiger charge is 2.22. The van der Waals surface area contributed by atoms with Crippen molar-refractivity contribution >= 4 is 10.8 Å². The van der Waals surface area contributed by atoms with Crippen molar-refractivity contribution in [2.24, 2.45) is 0 Å². The van der Waals surface area contributed by atoms with Crippen LogP contribution in [0.2, 0.25) is 0 Å². The molecule has 184 valence electrons. The van der Waals surface area contributed by atoms with E-state index in [1.807, 2.05) is 13.8 Å². The number of aromatic nitrogens is 2. The number of nitrogens with zero attached hydrogens (tertiary/aromatic N) is 2. The second-order valence-corrected chi connectivity index (χ2v) is 9.29. The maximum atomic E-state index is 10.4. The largest absolute Gasteiger partial charge is 0.494 e. The van der Waals surface area contributed by atoms with Crippen LogP contribution in [0, 0.1) is 13.8 Å². The highest BCUT2D eigenvalue weighted by Crippen LogP contribution is 2.34. The quantitative estimate of drug-likeness (QED) is 0.281. The first kappa shape index (κ1) is 25.0. The predicted octanol–water partition coefficient (Wildman–Crippen LogP) is 7.20. The molecule has 4 nitrogen and oxygen atoms in total. The first-order chi connectivity index (χ1) is 16.9. The Kier molecular flexibility index (Phi) is 7.61. The van der Waals surface area contributed by atoms with E-state index in [2.05, 4.69) is 80.9 Å². The van der Waals surface area contributed by atoms with E-state index in [0.29, 0.717) is 13.0 Å². The van der Waals surface area contributed by atoms with Crippen molar-refractivity contribution in [3.8, 4) is 11.4 Å². The van der Waals surface area contributed by atoms with Crippen LogP contribution in [-0.2, 0) is 19.3 Å². The van der Waals surface area contributed by atoms with Crippen LogP contribution in [0.1, 0.15) is 79.4 Å². The van der Waals surface area contributed by atoms with E-state index >= 15 is 0 Å². The molecule has 0 radical (unpaired) electrons. The third kappa shape index (κ3) is 4.72. The molecular weight excluding hydrogens is 432 g/mol. The van der Waals surface area contributed by atoms with Gasteiger partial charge in [-0.2, -0.15) is 5.10 Å². The molecule has 0 bridgehead atoms. The number of aliphatic hydroxyl groups is 1. The van der Waals surface area contributed by atoms with Crippen molar-refractivity contribution in [3.05, 3.63) is 87.7 Å². The highest BCUT2D eigenvalue weighted by molar-refractivity contribution is 5.88. The lowest BCUT2D eigenvalue weighted by Gasteiger charge is -2.18. The van der Waals surface area contributed by atoms with Gasteiger partial charge in [0.1, 0.15) is 5.75 Å². The van der Waals surface area contributed by atoms with E-state index in [1.165, 1.54) is 27.6 Å². The van der Waals surface area contributed by atoms with Crippen molar-refractivity contribution in [2.45, 2.75) is 73.3 Å². The lowest BCUT2D eigenvalue weighted by molar-refractivity contribution is 0.173. The fourth-order valence-corrected chi connectivity index (χ4v) is 5.29. The van der Waals surface area contributed by atoms with Gasteiger partial charge in [-0.25, -0.2) is 4.68 Å². The summed E-state index contributed by atoms with van der Waals surface area (Å²) >= 11 is 0. The summed E-state index contributed by atoms with van der Waals surface area (Å²) in [5.41, 5.74) is 9.27. The molecule has 4 aromatic rings. The lowest BCUT2D eigenvalue weighted by Crippen LogP contribution is -2.09. The van der Waals surface area contributed by atoms with E-state index in [9.17, 15) is 5.11 Å². The molecule has 1 aromatic heterocycles. The minimum atomic E-state index is -0.435. The molecule has 1 heterocycles. The number of benzene rings is 3. The van der Waals surface area contributed by atoms with E-state index in [4.69, 9.17) is 9.84 Å². The molecule has 4 rings (SSSR count). The molecule has 0 fully saturated rings. The minimum Gasteiger partial charge on any atom is -0.494 e. The fourth-order valence-electron chi connectivity index (χ4n) is 5.29. The Morgan fingerprint density at radius 3 is 2.26 bits per heavy atom. The lowest BCUT2D eigenvalue weighted by atomic mass is 9.94. The van der Waals surface area contributed by atoms with Gasteiger partial charge in [-0.1, -0.05) is 63.2 Å². The SMILES string of the molecule is CCOc1ccc2ccccc2c1Cc1c(CC)nn(-c2c(C)cc(C(O)CC)cc2C)c1CC. The maximum Gasteiger partial charge on any atom is 0.123 e. The molecular formula is C31H38N2O2. The molecule has 0 aliphatic heterocycles. The molecule has 1 unspecified atom stereocenters. The van der Waals surface area contributed by atoms with E-state index in [-0.39, 0.29) is 0 Å². The van der Waals surface area contributed by atoms with Crippen LogP contribution in [0.15, 0.2) is 48.5 Å². The second kappa shape index (κ2) is 10.7. The van der Waals surface area contributed by atoms with Crippen LogP contribution < -0.4 is 4.74 Å². The number of aliphatic hydroxyl groups excluding tert-OH is 1. The Morgan fingerprint density at radius 1 is 0.914 bits per heavy atom. The Hall–Kier alpha value is -3.11. The number of aryl methyl sites for hydroxylation is 3. The van der Waals surface area contributed by atoms with Crippen molar-refractivity contribution < 1.29 is 9.84 Å². The van der Waals surface area contributed by atoms with Gasteiger partial charge in [0, 0.05) is 23.2 Å². The standard InChI is InChI=1S/C31H38N2O2/c1-7-27-26(19-25-24-14-12-11-13-22(24)15-16-30(25)35-10-4)28(8-2)33(32-27)31-20(5)17-23(18-21(31)6)29(34)9-3/h11-18,29,34H,7-10,19H2,1-6H3. The van der Waals surface area contributed by atoms with Crippen molar-refractivity contribution in [1.29, 1.82) is 0 Å². The minimum absolute atomic E-state index is 0.435. The Labute approximate surface area is 209 Å². The molecule has 4 heteroatoms. The van der Waals surface area contributed by atoms with Crippen molar-refractivity contribution in [1.82, 2.24) is 9.78 Å². The summed E-state index contributed by atoms with van der Waals surface area (Å²) in [6.45, 7) is 13.3. The molecule has 0 aliphatic rings. The van der Waals surface area contributed by atoms with Gasteiger partial charge < -0.3 is 9.84 Å². The molecule has 0 spiro atoms. The maximum absolute atomic E-state index is 10.4. The molecule has 0 amide bonds. The van der Waals surface area contributed by atoms with Crippen LogP contribution in [0.4, 0.5) is 0 Å². The Balaban J connectivity index is 1.89.